The third-order valence-corrected chi connectivity index (χ3v) is 6.65. The molecule has 1 aliphatic heterocycles. The summed E-state index contributed by atoms with van der Waals surface area (Å²) in [6.07, 6.45) is -0.106. The Morgan fingerprint density at radius 3 is 2.58 bits per heavy atom. The van der Waals surface area contributed by atoms with Crippen LogP contribution in [-0.4, -0.2) is 38.0 Å². The third kappa shape index (κ3) is 5.16. The van der Waals surface area contributed by atoms with Crippen molar-refractivity contribution in [2.24, 2.45) is 5.92 Å². The van der Waals surface area contributed by atoms with Crippen LogP contribution in [0.25, 0.3) is 0 Å². The lowest BCUT2D eigenvalue weighted by atomic mass is 10.1. The summed E-state index contributed by atoms with van der Waals surface area (Å²) >= 11 is 0. The molecule has 9 heteroatoms. The molecule has 0 aliphatic carbocycles. The number of nitrogens with zero attached hydrogens (tertiary/aromatic N) is 1. The van der Waals surface area contributed by atoms with Gasteiger partial charge in [-0.2, -0.15) is 0 Å². The number of carbonyl (C=O) groups is 2. The molecule has 31 heavy (non-hydrogen) atoms. The van der Waals surface area contributed by atoms with Gasteiger partial charge in [0.25, 0.3) is 10.0 Å². The van der Waals surface area contributed by atoms with Gasteiger partial charge >= 0.3 is 12.1 Å². The smallest absolute Gasteiger partial charge is 0.411 e. The van der Waals surface area contributed by atoms with Crippen LogP contribution in [0.2, 0.25) is 0 Å². The second-order valence-corrected chi connectivity index (χ2v) is 9.60. The summed E-state index contributed by atoms with van der Waals surface area (Å²) < 4.78 is 32.3. The Balaban J connectivity index is 1.80. The minimum Gasteiger partial charge on any atom is -0.449 e. The van der Waals surface area contributed by atoms with Crippen molar-refractivity contribution in [3.8, 4) is 0 Å². The number of nitrogens with one attached hydrogen (secondary N) is 2. The molecule has 8 nitrogen and oxygen atoms in total. The minimum atomic E-state index is -4.05. The molecule has 0 aromatic heterocycles. The van der Waals surface area contributed by atoms with Gasteiger partial charge in [-0.15, -0.1) is 0 Å². The summed E-state index contributed by atoms with van der Waals surface area (Å²) in [6, 6.07) is 12.5. The summed E-state index contributed by atoms with van der Waals surface area (Å²) in [5, 5.41) is 5.37. The summed E-state index contributed by atoms with van der Waals surface area (Å²) in [7, 11) is -4.05. The molecular weight excluding hydrogens is 418 g/mol. The molecule has 3 rings (SSSR count). The standard InChI is InChI=1S/C22H27N3O5S/c1-4-16-12-18(10-11-19(16)24-22(27)30-14-15(2)3)31(28,29)25-13-20(23-21(25)26)17-8-6-5-7-9-17/h5-12,15,20H,4,13-14H2,1-3H3,(H,23,26)(H,24,27)/t20-/m1/s1. The molecule has 1 fully saturated rings. The predicted octanol–water partition coefficient (Wildman–Crippen LogP) is 3.91. The highest BCUT2D eigenvalue weighted by Gasteiger charge is 2.38. The number of amides is 3. The fraction of sp³-hybridized carbons (Fsp3) is 0.364. The van der Waals surface area contributed by atoms with E-state index < -0.39 is 28.2 Å². The van der Waals surface area contributed by atoms with Gasteiger partial charge in [-0.1, -0.05) is 51.1 Å². The summed E-state index contributed by atoms with van der Waals surface area (Å²) in [4.78, 5) is 24.4. The SMILES string of the molecule is CCc1cc(S(=O)(=O)N2C[C@H](c3ccccc3)NC2=O)ccc1NC(=O)OCC(C)C. The maximum Gasteiger partial charge on any atom is 0.411 e. The number of rotatable bonds is 7. The van der Waals surface area contributed by atoms with Gasteiger partial charge in [-0.25, -0.2) is 22.3 Å². The van der Waals surface area contributed by atoms with E-state index >= 15 is 0 Å². The number of sulfonamides is 1. The number of urea groups is 1. The number of anilines is 1. The van der Waals surface area contributed by atoms with E-state index in [1.165, 1.54) is 18.2 Å². The van der Waals surface area contributed by atoms with Crippen molar-refractivity contribution in [2.45, 2.75) is 38.1 Å². The summed E-state index contributed by atoms with van der Waals surface area (Å²) in [5.74, 6) is 0.204. The molecule has 2 N–H and O–H groups in total. The number of aryl methyl sites for hydroxylation is 1. The second kappa shape index (κ2) is 9.38. The van der Waals surface area contributed by atoms with E-state index in [-0.39, 0.29) is 24.0 Å². The van der Waals surface area contributed by atoms with Gasteiger partial charge in [0.1, 0.15) is 0 Å². The van der Waals surface area contributed by atoms with Gasteiger partial charge in [-0.3, -0.25) is 5.32 Å². The fourth-order valence-corrected chi connectivity index (χ4v) is 4.66. The van der Waals surface area contributed by atoms with Crippen molar-refractivity contribution >= 4 is 27.8 Å². The molecular formula is C22H27N3O5S. The van der Waals surface area contributed by atoms with Crippen LogP contribution < -0.4 is 10.6 Å². The van der Waals surface area contributed by atoms with Crippen molar-refractivity contribution < 1.29 is 22.7 Å². The Hall–Kier alpha value is -3.07. The lowest BCUT2D eigenvalue weighted by Crippen LogP contribution is -2.34. The molecule has 1 aliphatic rings. The largest absolute Gasteiger partial charge is 0.449 e. The first-order valence-corrected chi connectivity index (χ1v) is 11.6. The Labute approximate surface area is 182 Å². The van der Waals surface area contributed by atoms with Crippen LogP contribution in [0.4, 0.5) is 15.3 Å². The first-order valence-electron chi connectivity index (χ1n) is 10.2. The Kier molecular flexibility index (Phi) is 6.84. The summed E-state index contributed by atoms with van der Waals surface area (Å²) in [5.41, 5.74) is 1.94. The van der Waals surface area contributed by atoms with E-state index in [9.17, 15) is 18.0 Å². The molecule has 166 valence electrons. The first kappa shape index (κ1) is 22.6. The Morgan fingerprint density at radius 1 is 1.23 bits per heavy atom. The highest BCUT2D eigenvalue weighted by atomic mass is 32.2. The quantitative estimate of drug-likeness (QED) is 0.672. The highest BCUT2D eigenvalue weighted by Crippen LogP contribution is 2.28. The maximum absolute atomic E-state index is 13.2. The molecule has 1 saturated heterocycles. The van der Waals surface area contributed by atoms with E-state index in [1.54, 1.807) is 0 Å². The molecule has 2 aromatic carbocycles. The van der Waals surface area contributed by atoms with E-state index in [4.69, 9.17) is 4.74 Å². The Morgan fingerprint density at radius 2 is 1.94 bits per heavy atom. The van der Waals surface area contributed by atoms with Crippen LogP contribution in [0.3, 0.4) is 0 Å². The molecule has 0 bridgehead atoms. The van der Waals surface area contributed by atoms with Gasteiger partial charge in [0, 0.05) is 5.69 Å². The minimum absolute atomic E-state index is 0.00527. The molecule has 0 spiro atoms. The van der Waals surface area contributed by atoms with Gasteiger partial charge < -0.3 is 10.1 Å². The van der Waals surface area contributed by atoms with Crippen molar-refractivity contribution in [1.82, 2.24) is 9.62 Å². The van der Waals surface area contributed by atoms with E-state index in [0.29, 0.717) is 17.7 Å². The van der Waals surface area contributed by atoms with E-state index in [2.05, 4.69) is 10.6 Å². The van der Waals surface area contributed by atoms with Gasteiger partial charge in [-0.05, 0) is 41.7 Å². The molecule has 0 unspecified atom stereocenters. The third-order valence-electron chi connectivity index (χ3n) is 4.90. The lowest BCUT2D eigenvalue weighted by molar-refractivity contribution is 0.147. The van der Waals surface area contributed by atoms with Crippen molar-refractivity contribution in [3.63, 3.8) is 0 Å². The van der Waals surface area contributed by atoms with Gasteiger partial charge in [0.05, 0.1) is 24.1 Å². The topological polar surface area (TPSA) is 105 Å². The van der Waals surface area contributed by atoms with Crippen molar-refractivity contribution in [2.75, 3.05) is 18.5 Å². The molecule has 2 aromatic rings. The van der Waals surface area contributed by atoms with Crippen LogP contribution >= 0.6 is 0 Å². The number of benzene rings is 2. The normalized spacial score (nSPS) is 16.3. The van der Waals surface area contributed by atoms with Crippen molar-refractivity contribution in [1.29, 1.82) is 0 Å². The zero-order valence-corrected chi connectivity index (χ0v) is 18.6. The lowest BCUT2D eigenvalue weighted by Gasteiger charge is -2.17. The molecule has 3 amide bonds. The van der Waals surface area contributed by atoms with Crippen molar-refractivity contribution in [3.05, 3.63) is 59.7 Å². The monoisotopic (exact) mass is 445 g/mol. The van der Waals surface area contributed by atoms with Crippen LogP contribution in [0.15, 0.2) is 53.4 Å². The maximum atomic E-state index is 13.2. The Bertz CT molecular complexity index is 1050. The zero-order valence-electron chi connectivity index (χ0n) is 17.8. The number of hydrogen-bond acceptors (Lipinski definition) is 5. The van der Waals surface area contributed by atoms with Crippen LogP contribution in [0, 0.1) is 5.92 Å². The average molecular weight is 446 g/mol. The number of hydrogen-bond donors (Lipinski definition) is 2. The van der Waals surface area contributed by atoms with E-state index in [0.717, 1.165) is 9.87 Å². The van der Waals surface area contributed by atoms with Crippen LogP contribution in [-0.2, 0) is 21.2 Å². The second-order valence-electron chi connectivity index (χ2n) is 7.74. The fourth-order valence-electron chi connectivity index (χ4n) is 3.26. The predicted molar refractivity (Wildman–Crippen MR) is 117 cm³/mol. The highest BCUT2D eigenvalue weighted by molar-refractivity contribution is 7.89. The number of ether oxygens (including phenoxy) is 1. The van der Waals surface area contributed by atoms with Crippen LogP contribution in [0.5, 0.6) is 0 Å². The summed E-state index contributed by atoms with van der Waals surface area (Å²) in [6.45, 7) is 6.01. The van der Waals surface area contributed by atoms with Gasteiger partial charge in [0.2, 0.25) is 0 Å². The van der Waals surface area contributed by atoms with Gasteiger partial charge in [0.15, 0.2) is 0 Å². The first-order chi connectivity index (χ1) is 14.7. The molecule has 0 saturated carbocycles. The average Bonchev–Trinajstić information content (AvgIpc) is 3.15. The number of carbonyl (C=O) groups excluding carboxylic acids is 2. The molecule has 1 heterocycles. The van der Waals surface area contributed by atoms with Crippen LogP contribution in [0.1, 0.15) is 37.9 Å². The van der Waals surface area contributed by atoms with E-state index in [1.807, 2.05) is 51.1 Å². The zero-order chi connectivity index (χ0) is 22.6. The molecule has 1 atom stereocenters. The molecule has 0 radical (unpaired) electrons.